The van der Waals surface area contributed by atoms with E-state index in [0.717, 1.165) is 24.7 Å². The first-order chi connectivity index (χ1) is 11.8. The molecule has 1 amide bonds. The molecule has 24 heavy (non-hydrogen) atoms. The molecule has 1 fully saturated rings. The molecular weight excluding hydrogens is 308 g/mol. The SMILES string of the molecule is O=C(NCCOc1ccccc1)c1ccc(N2CCOCC2)nn1. The molecule has 0 atom stereocenters. The summed E-state index contributed by atoms with van der Waals surface area (Å²) < 4.78 is 10.8. The van der Waals surface area contributed by atoms with Crippen LogP contribution in [0.5, 0.6) is 5.75 Å². The second-order valence-corrected chi connectivity index (χ2v) is 5.29. The zero-order valence-electron chi connectivity index (χ0n) is 13.4. The lowest BCUT2D eigenvalue weighted by molar-refractivity contribution is 0.0940. The van der Waals surface area contributed by atoms with Gasteiger partial charge in [0.05, 0.1) is 19.8 Å². The Labute approximate surface area is 140 Å². The van der Waals surface area contributed by atoms with Crippen LogP contribution in [0, 0.1) is 0 Å². The van der Waals surface area contributed by atoms with Crippen LogP contribution in [0.2, 0.25) is 0 Å². The fourth-order valence-electron chi connectivity index (χ4n) is 2.35. The van der Waals surface area contributed by atoms with Crippen LogP contribution in [0.3, 0.4) is 0 Å². The lowest BCUT2D eigenvalue weighted by Gasteiger charge is -2.27. The van der Waals surface area contributed by atoms with E-state index in [9.17, 15) is 4.79 Å². The van der Waals surface area contributed by atoms with Crippen LogP contribution in [0.15, 0.2) is 42.5 Å². The highest BCUT2D eigenvalue weighted by atomic mass is 16.5. The van der Waals surface area contributed by atoms with Crippen molar-refractivity contribution >= 4 is 11.7 Å². The Morgan fingerprint density at radius 2 is 1.92 bits per heavy atom. The number of carbonyl (C=O) groups is 1. The van der Waals surface area contributed by atoms with Crippen LogP contribution in [0.4, 0.5) is 5.82 Å². The van der Waals surface area contributed by atoms with Gasteiger partial charge in [-0.3, -0.25) is 4.79 Å². The Hall–Kier alpha value is -2.67. The molecule has 1 aliphatic heterocycles. The molecule has 7 heteroatoms. The quantitative estimate of drug-likeness (QED) is 0.801. The van der Waals surface area contributed by atoms with E-state index in [-0.39, 0.29) is 5.91 Å². The molecule has 3 rings (SSSR count). The van der Waals surface area contributed by atoms with E-state index in [2.05, 4.69) is 20.4 Å². The van der Waals surface area contributed by atoms with Crippen molar-refractivity contribution in [2.45, 2.75) is 0 Å². The number of nitrogens with one attached hydrogen (secondary N) is 1. The number of hydrogen-bond donors (Lipinski definition) is 1. The molecule has 2 heterocycles. The highest BCUT2D eigenvalue weighted by Gasteiger charge is 2.14. The van der Waals surface area contributed by atoms with Crippen molar-refractivity contribution in [3.05, 3.63) is 48.2 Å². The number of hydrogen-bond acceptors (Lipinski definition) is 6. The first-order valence-corrected chi connectivity index (χ1v) is 7.95. The summed E-state index contributed by atoms with van der Waals surface area (Å²) in [5, 5.41) is 10.9. The van der Waals surface area contributed by atoms with Crippen molar-refractivity contribution in [3.8, 4) is 5.75 Å². The average Bonchev–Trinajstić information content (AvgIpc) is 2.67. The Bertz CT molecular complexity index is 643. The fraction of sp³-hybridized carbons (Fsp3) is 0.353. The molecule has 0 aliphatic carbocycles. The van der Waals surface area contributed by atoms with Crippen LogP contribution in [-0.2, 0) is 4.74 Å². The van der Waals surface area contributed by atoms with E-state index in [1.165, 1.54) is 0 Å². The van der Waals surface area contributed by atoms with Gasteiger partial charge in [-0.25, -0.2) is 0 Å². The minimum absolute atomic E-state index is 0.257. The standard InChI is InChI=1S/C17H20N4O3/c22-17(18-8-11-24-14-4-2-1-3-5-14)15-6-7-16(20-19-15)21-9-12-23-13-10-21/h1-7H,8-13H2,(H,18,22). The highest BCUT2D eigenvalue weighted by molar-refractivity contribution is 5.92. The lowest BCUT2D eigenvalue weighted by atomic mass is 10.3. The number of morpholine rings is 1. The molecule has 0 bridgehead atoms. The summed E-state index contributed by atoms with van der Waals surface area (Å²) in [4.78, 5) is 14.1. The molecule has 1 saturated heterocycles. The number of benzene rings is 1. The lowest BCUT2D eigenvalue weighted by Crippen LogP contribution is -2.37. The number of amides is 1. The zero-order valence-corrected chi connectivity index (χ0v) is 13.4. The Balaban J connectivity index is 1.44. The number of anilines is 1. The van der Waals surface area contributed by atoms with Gasteiger partial charge in [0.15, 0.2) is 11.5 Å². The van der Waals surface area contributed by atoms with E-state index < -0.39 is 0 Å². The Morgan fingerprint density at radius 3 is 2.62 bits per heavy atom. The molecule has 1 aromatic carbocycles. The Morgan fingerprint density at radius 1 is 1.12 bits per heavy atom. The smallest absolute Gasteiger partial charge is 0.271 e. The zero-order chi connectivity index (χ0) is 16.6. The maximum Gasteiger partial charge on any atom is 0.271 e. The number of ether oxygens (including phenoxy) is 2. The topological polar surface area (TPSA) is 76.6 Å². The summed E-state index contributed by atoms with van der Waals surface area (Å²) in [5.41, 5.74) is 0.298. The van der Waals surface area contributed by atoms with Gasteiger partial charge in [-0.05, 0) is 24.3 Å². The maximum absolute atomic E-state index is 12.0. The van der Waals surface area contributed by atoms with Crippen molar-refractivity contribution in [2.75, 3.05) is 44.4 Å². The van der Waals surface area contributed by atoms with Gasteiger partial charge in [0, 0.05) is 13.1 Å². The van der Waals surface area contributed by atoms with Gasteiger partial charge >= 0.3 is 0 Å². The third kappa shape index (κ3) is 4.42. The van der Waals surface area contributed by atoms with Crippen LogP contribution >= 0.6 is 0 Å². The van der Waals surface area contributed by atoms with Crippen LogP contribution in [0.1, 0.15) is 10.5 Å². The first-order valence-electron chi connectivity index (χ1n) is 7.95. The summed E-state index contributed by atoms with van der Waals surface area (Å²) >= 11 is 0. The fourth-order valence-corrected chi connectivity index (χ4v) is 2.35. The van der Waals surface area contributed by atoms with Crippen molar-refractivity contribution in [2.24, 2.45) is 0 Å². The van der Waals surface area contributed by atoms with E-state index in [1.54, 1.807) is 6.07 Å². The van der Waals surface area contributed by atoms with Crippen LogP contribution in [-0.4, -0.2) is 55.6 Å². The molecule has 1 N–H and O–H groups in total. The second-order valence-electron chi connectivity index (χ2n) is 5.29. The van der Waals surface area contributed by atoms with Gasteiger partial charge < -0.3 is 19.7 Å². The van der Waals surface area contributed by atoms with Crippen LogP contribution < -0.4 is 15.0 Å². The molecule has 0 radical (unpaired) electrons. The predicted molar refractivity (Wildman–Crippen MR) is 89.3 cm³/mol. The van der Waals surface area contributed by atoms with E-state index in [4.69, 9.17) is 9.47 Å². The first kappa shape index (κ1) is 16.2. The summed E-state index contributed by atoms with van der Waals surface area (Å²) in [7, 11) is 0. The van der Waals surface area contributed by atoms with E-state index >= 15 is 0 Å². The summed E-state index contributed by atoms with van der Waals surface area (Å²) in [6.07, 6.45) is 0. The second kappa shape index (κ2) is 8.26. The molecule has 0 unspecified atom stereocenters. The normalized spacial score (nSPS) is 14.2. The molecule has 7 nitrogen and oxygen atoms in total. The van der Waals surface area contributed by atoms with Crippen molar-refractivity contribution in [1.82, 2.24) is 15.5 Å². The van der Waals surface area contributed by atoms with Gasteiger partial charge in [0.25, 0.3) is 5.91 Å². The van der Waals surface area contributed by atoms with Crippen molar-refractivity contribution < 1.29 is 14.3 Å². The number of carbonyl (C=O) groups excluding carboxylic acids is 1. The largest absolute Gasteiger partial charge is 0.492 e. The van der Waals surface area contributed by atoms with Gasteiger partial charge in [-0.1, -0.05) is 18.2 Å². The van der Waals surface area contributed by atoms with Gasteiger partial charge in [-0.15, -0.1) is 10.2 Å². The highest BCUT2D eigenvalue weighted by Crippen LogP contribution is 2.11. The monoisotopic (exact) mass is 328 g/mol. The molecule has 1 aliphatic rings. The third-order valence-electron chi connectivity index (χ3n) is 3.62. The van der Waals surface area contributed by atoms with Crippen molar-refractivity contribution in [3.63, 3.8) is 0 Å². The number of para-hydroxylation sites is 1. The van der Waals surface area contributed by atoms with E-state index in [0.29, 0.717) is 32.1 Å². The minimum atomic E-state index is -0.257. The Kier molecular flexibility index (Phi) is 5.57. The summed E-state index contributed by atoms with van der Waals surface area (Å²) in [6, 6.07) is 13.0. The minimum Gasteiger partial charge on any atom is -0.492 e. The van der Waals surface area contributed by atoms with Crippen molar-refractivity contribution in [1.29, 1.82) is 0 Å². The molecule has 1 aromatic heterocycles. The van der Waals surface area contributed by atoms with Gasteiger partial charge in [-0.2, -0.15) is 0 Å². The summed E-state index contributed by atoms with van der Waals surface area (Å²) in [5.74, 6) is 1.29. The van der Waals surface area contributed by atoms with E-state index in [1.807, 2.05) is 36.4 Å². The number of nitrogens with zero attached hydrogens (tertiary/aromatic N) is 3. The number of rotatable bonds is 6. The molecule has 2 aromatic rings. The predicted octanol–water partition coefficient (Wildman–Crippen LogP) is 1.12. The molecule has 126 valence electrons. The molecule has 0 saturated carbocycles. The average molecular weight is 328 g/mol. The molecule has 0 spiro atoms. The van der Waals surface area contributed by atoms with Gasteiger partial charge in [0.2, 0.25) is 0 Å². The van der Waals surface area contributed by atoms with Gasteiger partial charge in [0.1, 0.15) is 12.4 Å². The summed E-state index contributed by atoms with van der Waals surface area (Å²) in [6.45, 7) is 3.75. The maximum atomic E-state index is 12.0. The number of aromatic nitrogens is 2. The molecular formula is C17H20N4O3. The van der Waals surface area contributed by atoms with Crippen LogP contribution in [0.25, 0.3) is 0 Å². The third-order valence-corrected chi connectivity index (χ3v) is 3.62.